The summed E-state index contributed by atoms with van der Waals surface area (Å²) in [6.45, 7) is 2.60. The minimum absolute atomic E-state index is 0.176. The Bertz CT molecular complexity index is 1040. The number of amides is 1. The van der Waals surface area contributed by atoms with Crippen LogP contribution < -0.4 is 23.8 Å². The van der Waals surface area contributed by atoms with Gasteiger partial charge in [-0.25, -0.2) is 0 Å². The van der Waals surface area contributed by atoms with Crippen LogP contribution in [0.1, 0.15) is 12.5 Å². The number of methoxy groups -OCH3 is 1. The van der Waals surface area contributed by atoms with Gasteiger partial charge in [-0.3, -0.25) is 9.69 Å². The molecule has 4 rings (SSSR count). The summed E-state index contributed by atoms with van der Waals surface area (Å²) in [6, 6.07) is 9.14. The quantitative estimate of drug-likeness (QED) is 0.305. The van der Waals surface area contributed by atoms with Crippen LogP contribution >= 0.6 is 46.6 Å². The zero-order valence-corrected chi connectivity index (χ0v) is 19.4. The number of nitrogens with zero attached hydrogens (tertiary/aromatic N) is 1. The molecule has 2 aliphatic rings. The molecule has 0 bridgehead atoms. The van der Waals surface area contributed by atoms with Crippen LogP contribution in [0, 0.1) is 3.57 Å². The van der Waals surface area contributed by atoms with E-state index in [0.717, 1.165) is 9.13 Å². The molecule has 0 radical (unpaired) electrons. The number of rotatable bonds is 5. The Morgan fingerprint density at radius 2 is 2.07 bits per heavy atom. The van der Waals surface area contributed by atoms with E-state index < -0.39 is 0 Å². The van der Waals surface area contributed by atoms with Gasteiger partial charge in [0.15, 0.2) is 27.3 Å². The third-order valence-electron chi connectivity index (χ3n) is 4.24. The normalized spacial score (nSPS) is 16.7. The highest BCUT2D eigenvalue weighted by molar-refractivity contribution is 14.1. The second-order valence-corrected chi connectivity index (χ2v) is 8.86. The molecular weight excluding hydrogens is 525 g/mol. The largest absolute Gasteiger partial charge is 0.492 e. The minimum atomic E-state index is -0.178. The molecule has 2 heterocycles. The number of halogens is 1. The summed E-state index contributed by atoms with van der Waals surface area (Å²) in [4.78, 5) is 15.1. The lowest BCUT2D eigenvalue weighted by molar-refractivity contribution is -0.113. The van der Waals surface area contributed by atoms with Crippen molar-refractivity contribution in [2.24, 2.45) is 0 Å². The van der Waals surface area contributed by atoms with E-state index >= 15 is 0 Å². The van der Waals surface area contributed by atoms with Gasteiger partial charge in [-0.05, 0) is 65.4 Å². The van der Waals surface area contributed by atoms with Gasteiger partial charge in [0.1, 0.15) is 0 Å². The van der Waals surface area contributed by atoms with Gasteiger partial charge in [0.05, 0.1) is 27.9 Å². The van der Waals surface area contributed by atoms with Crippen molar-refractivity contribution >= 4 is 68.6 Å². The lowest BCUT2D eigenvalue weighted by Gasteiger charge is -2.15. The van der Waals surface area contributed by atoms with Crippen molar-refractivity contribution in [3.8, 4) is 23.0 Å². The molecular formula is C20H16INO5S2. The Balaban J connectivity index is 1.66. The van der Waals surface area contributed by atoms with Crippen molar-refractivity contribution in [3.63, 3.8) is 0 Å². The second-order valence-electron chi connectivity index (χ2n) is 6.02. The zero-order chi connectivity index (χ0) is 20.5. The maximum atomic E-state index is 13.1. The molecule has 6 nitrogen and oxygen atoms in total. The third-order valence-corrected chi connectivity index (χ3v) is 6.35. The predicted octanol–water partition coefficient (Wildman–Crippen LogP) is 4.83. The Morgan fingerprint density at radius 1 is 1.28 bits per heavy atom. The van der Waals surface area contributed by atoms with E-state index in [1.807, 2.05) is 25.1 Å². The highest BCUT2D eigenvalue weighted by Gasteiger charge is 2.34. The maximum Gasteiger partial charge on any atom is 0.270 e. The summed E-state index contributed by atoms with van der Waals surface area (Å²) in [7, 11) is 1.61. The number of anilines is 1. The van der Waals surface area contributed by atoms with Crippen molar-refractivity contribution in [3.05, 3.63) is 44.4 Å². The molecule has 2 aliphatic heterocycles. The van der Waals surface area contributed by atoms with E-state index in [0.29, 0.717) is 44.5 Å². The molecule has 29 heavy (non-hydrogen) atoms. The van der Waals surface area contributed by atoms with Gasteiger partial charge in [-0.15, -0.1) is 0 Å². The molecule has 0 unspecified atom stereocenters. The molecule has 1 saturated heterocycles. The molecule has 2 aromatic rings. The van der Waals surface area contributed by atoms with Crippen LogP contribution in [-0.2, 0) is 4.79 Å². The maximum absolute atomic E-state index is 13.1. The number of hydrogen-bond acceptors (Lipinski definition) is 7. The Kier molecular flexibility index (Phi) is 5.88. The summed E-state index contributed by atoms with van der Waals surface area (Å²) in [5.41, 5.74) is 1.49. The van der Waals surface area contributed by atoms with Crippen molar-refractivity contribution in [2.75, 3.05) is 25.4 Å². The summed E-state index contributed by atoms with van der Waals surface area (Å²) in [6.07, 6.45) is 1.82. The summed E-state index contributed by atoms with van der Waals surface area (Å²) < 4.78 is 23.2. The first-order valence-electron chi connectivity index (χ1n) is 8.69. The molecule has 1 fully saturated rings. The molecule has 2 aromatic carbocycles. The van der Waals surface area contributed by atoms with Gasteiger partial charge in [-0.2, -0.15) is 0 Å². The summed E-state index contributed by atoms with van der Waals surface area (Å²) >= 11 is 8.91. The summed E-state index contributed by atoms with van der Waals surface area (Å²) in [5, 5.41) is 0. The fourth-order valence-electron chi connectivity index (χ4n) is 3.00. The number of benzene rings is 2. The van der Waals surface area contributed by atoms with Crippen LogP contribution in [0.3, 0.4) is 0 Å². The van der Waals surface area contributed by atoms with Crippen LogP contribution in [0.2, 0.25) is 0 Å². The Labute approximate surface area is 191 Å². The molecule has 0 aliphatic carbocycles. The van der Waals surface area contributed by atoms with E-state index in [1.165, 1.54) is 16.7 Å². The smallest absolute Gasteiger partial charge is 0.270 e. The fourth-order valence-corrected chi connectivity index (χ4v) is 5.14. The number of fused-ring (bicyclic) bond motifs is 1. The SMILES string of the molecule is CCOc1cc(/C=C2/SC(=S)N(c3ccc4c(c3)OCO4)C2=O)cc(I)c1OC. The zero-order valence-electron chi connectivity index (χ0n) is 15.6. The number of thiocarbonyl (C=S) groups is 1. The average Bonchev–Trinajstić information content (AvgIpc) is 3.25. The average molecular weight is 541 g/mol. The number of carbonyl (C=O) groups is 1. The number of hydrogen-bond donors (Lipinski definition) is 0. The monoisotopic (exact) mass is 541 g/mol. The molecule has 0 aromatic heterocycles. The van der Waals surface area contributed by atoms with E-state index in [4.69, 9.17) is 31.2 Å². The van der Waals surface area contributed by atoms with Crippen molar-refractivity contribution in [1.29, 1.82) is 0 Å². The Hall–Kier alpha value is -1.98. The number of ether oxygens (including phenoxy) is 4. The predicted molar refractivity (Wildman–Crippen MR) is 125 cm³/mol. The number of thioether (sulfide) groups is 1. The molecule has 0 atom stereocenters. The molecule has 0 saturated carbocycles. The van der Waals surface area contributed by atoms with Gasteiger partial charge < -0.3 is 18.9 Å². The van der Waals surface area contributed by atoms with E-state index in [2.05, 4.69) is 22.6 Å². The van der Waals surface area contributed by atoms with Crippen LogP contribution in [0.4, 0.5) is 5.69 Å². The highest BCUT2D eigenvalue weighted by atomic mass is 127. The third kappa shape index (κ3) is 3.90. The number of carbonyl (C=O) groups excluding carboxylic acids is 1. The molecule has 0 spiro atoms. The van der Waals surface area contributed by atoms with Gasteiger partial charge in [0.25, 0.3) is 5.91 Å². The van der Waals surface area contributed by atoms with Crippen molar-refractivity contribution in [1.82, 2.24) is 0 Å². The lowest BCUT2D eigenvalue weighted by Crippen LogP contribution is -2.27. The van der Waals surface area contributed by atoms with Gasteiger partial charge in [-0.1, -0.05) is 24.0 Å². The van der Waals surface area contributed by atoms with E-state index in [-0.39, 0.29) is 12.7 Å². The minimum Gasteiger partial charge on any atom is -0.492 e. The highest BCUT2D eigenvalue weighted by Crippen LogP contribution is 2.41. The van der Waals surface area contributed by atoms with E-state index in [9.17, 15) is 4.79 Å². The first kappa shape index (κ1) is 20.3. The molecule has 9 heteroatoms. The van der Waals surface area contributed by atoms with E-state index in [1.54, 1.807) is 25.3 Å². The fraction of sp³-hybridized carbons (Fsp3) is 0.200. The van der Waals surface area contributed by atoms with Gasteiger partial charge in [0, 0.05) is 6.07 Å². The van der Waals surface area contributed by atoms with Gasteiger partial charge in [0.2, 0.25) is 6.79 Å². The van der Waals surface area contributed by atoms with Crippen LogP contribution in [0.25, 0.3) is 6.08 Å². The van der Waals surface area contributed by atoms with Crippen molar-refractivity contribution in [2.45, 2.75) is 6.92 Å². The van der Waals surface area contributed by atoms with Gasteiger partial charge >= 0.3 is 0 Å². The topological polar surface area (TPSA) is 57.2 Å². The van der Waals surface area contributed by atoms with Crippen LogP contribution in [-0.4, -0.2) is 30.7 Å². The first-order chi connectivity index (χ1) is 14.0. The summed E-state index contributed by atoms with van der Waals surface area (Å²) in [5.74, 6) is 2.40. The molecule has 150 valence electrons. The van der Waals surface area contributed by atoms with Crippen molar-refractivity contribution < 1.29 is 23.7 Å². The van der Waals surface area contributed by atoms with Crippen LogP contribution in [0.5, 0.6) is 23.0 Å². The standard InChI is InChI=1S/C20H16INO5S2/c1-3-25-16-7-11(6-13(21)18(16)24-2)8-17-19(23)22(20(28)29-17)12-4-5-14-15(9-12)27-10-26-14/h4-9H,3,10H2,1-2H3/b17-8+. The molecule has 1 amide bonds. The molecule has 0 N–H and O–H groups in total. The second kappa shape index (κ2) is 8.41. The first-order valence-corrected chi connectivity index (χ1v) is 11.0. The Morgan fingerprint density at radius 3 is 2.83 bits per heavy atom. The van der Waals surface area contributed by atoms with Crippen LogP contribution in [0.15, 0.2) is 35.2 Å². The lowest BCUT2D eigenvalue weighted by atomic mass is 10.1.